The van der Waals surface area contributed by atoms with Crippen LogP contribution in [0.4, 0.5) is 5.69 Å². The van der Waals surface area contributed by atoms with Gasteiger partial charge in [0.25, 0.3) is 5.91 Å². The Labute approximate surface area is 201 Å². The lowest BCUT2D eigenvalue weighted by atomic mass is 10.1. The molecule has 0 radical (unpaired) electrons. The van der Waals surface area contributed by atoms with Gasteiger partial charge in [0.05, 0.1) is 16.1 Å². The molecule has 3 rings (SSSR count). The summed E-state index contributed by atoms with van der Waals surface area (Å²) in [7, 11) is -3.74. The van der Waals surface area contributed by atoms with E-state index in [0.717, 1.165) is 31.5 Å². The zero-order valence-corrected chi connectivity index (χ0v) is 20.6. The second-order valence-corrected chi connectivity index (χ2v) is 10.1. The number of hydrogen-bond acceptors (Lipinski definition) is 6. The zero-order valence-electron chi connectivity index (χ0n) is 19.8. The maximum absolute atomic E-state index is 13.0. The SMILES string of the molecule is CCN(CC)S(=O)(=O)c1ccc(N2CCCC2)c(C(=O)OCC(=O)NCCc2ccccc2)c1. The van der Waals surface area contributed by atoms with Crippen molar-refractivity contribution in [3.05, 3.63) is 59.7 Å². The monoisotopic (exact) mass is 487 g/mol. The minimum Gasteiger partial charge on any atom is -0.452 e. The van der Waals surface area contributed by atoms with Gasteiger partial charge in [-0.3, -0.25) is 4.79 Å². The van der Waals surface area contributed by atoms with E-state index in [9.17, 15) is 18.0 Å². The summed E-state index contributed by atoms with van der Waals surface area (Å²) in [6.07, 6.45) is 2.67. The summed E-state index contributed by atoms with van der Waals surface area (Å²) in [6.45, 7) is 5.75. The van der Waals surface area contributed by atoms with Crippen LogP contribution in [-0.2, 0) is 26.0 Å². The van der Waals surface area contributed by atoms with Crippen molar-refractivity contribution in [1.82, 2.24) is 9.62 Å². The second kappa shape index (κ2) is 12.0. The average Bonchev–Trinajstić information content (AvgIpc) is 3.38. The van der Waals surface area contributed by atoms with Crippen molar-refractivity contribution < 1.29 is 22.7 Å². The highest BCUT2D eigenvalue weighted by atomic mass is 32.2. The molecule has 184 valence electrons. The van der Waals surface area contributed by atoms with Crippen LogP contribution in [0.2, 0.25) is 0 Å². The van der Waals surface area contributed by atoms with Crippen molar-refractivity contribution in [1.29, 1.82) is 0 Å². The Hall–Kier alpha value is -2.91. The summed E-state index contributed by atoms with van der Waals surface area (Å²) >= 11 is 0. The lowest BCUT2D eigenvalue weighted by Crippen LogP contribution is -2.32. The Bertz CT molecular complexity index is 1080. The number of ether oxygens (including phenoxy) is 1. The Balaban J connectivity index is 1.70. The topological polar surface area (TPSA) is 96.0 Å². The first-order valence-corrected chi connectivity index (χ1v) is 13.2. The smallest absolute Gasteiger partial charge is 0.340 e. The minimum atomic E-state index is -3.74. The molecule has 0 saturated carbocycles. The summed E-state index contributed by atoms with van der Waals surface area (Å²) in [4.78, 5) is 27.3. The fraction of sp³-hybridized carbons (Fsp3) is 0.440. The van der Waals surface area contributed by atoms with Crippen molar-refractivity contribution >= 4 is 27.6 Å². The van der Waals surface area contributed by atoms with Crippen LogP contribution in [0.1, 0.15) is 42.6 Å². The molecule has 8 nitrogen and oxygen atoms in total. The van der Waals surface area contributed by atoms with Crippen LogP contribution in [0.15, 0.2) is 53.4 Å². The molecule has 1 aliphatic rings. The van der Waals surface area contributed by atoms with Gasteiger partial charge in [-0.15, -0.1) is 0 Å². The number of hydrogen-bond donors (Lipinski definition) is 1. The Morgan fingerprint density at radius 2 is 1.71 bits per heavy atom. The number of carbonyl (C=O) groups excluding carboxylic acids is 2. The molecule has 0 aliphatic carbocycles. The summed E-state index contributed by atoms with van der Waals surface area (Å²) < 4.78 is 32.6. The molecule has 1 amide bonds. The molecule has 9 heteroatoms. The van der Waals surface area contributed by atoms with Crippen molar-refractivity contribution in [3.8, 4) is 0 Å². The number of nitrogens with one attached hydrogen (secondary N) is 1. The first-order chi connectivity index (χ1) is 16.4. The highest BCUT2D eigenvalue weighted by Crippen LogP contribution is 2.29. The number of carbonyl (C=O) groups is 2. The number of esters is 1. The van der Waals surface area contributed by atoms with Gasteiger partial charge >= 0.3 is 5.97 Å². The van der Waals surface area contributed by atoms with Crippen LogP contribution in [0.3, 0.4) is 0 Å². The first kappa shape index (κ1) is 25.7. The molecule has 2 aromatic rings. The van der Waals surface area contributed by atoms with E-state index in [4.69, 9.17) is 4.74 Å². The molecular formula is C25H33N3O5S. The zero-order chi connectivity index (χ0) is 24.6. The van der Waals surface area contributed by atoms with Gasteiger partial charge in [-0.1, -0.05) is 44.2 Å². The van der Waals surface area contributed by atoms with Crippen molar-refractivity contribution in [2.75, 3.05) is 44.2 Å². The molecule has 0 spiro atoms. The molecular weight excluding hydrogens is 454 g/mol. The molecule has 34 heavy (non-hydrogen) atoms. The number of anilines is 1. The van der Waals surface area contributed by atoms with E-state index in [1.807, 2.05) is 35.2 Å². The van der Waals surface area contributed by atoms with Crippen LogP contribution in [0.25, 0.3) is 0 Å². The molecule has 2 aromatic carbocycles. The van der Waals surface area contributed by atoms with E-state index in [2.05, 4.69) is 5.32 Å². The Morgan fingerprint density at radius 1 is 1.03 bits per heavy atom. The highest BCUT2D eigenvalue weighted by Gasteiger charge is 2.27. The number of sulfonamides is 1. The lowest BCUT2D eigenvalue weighted by Gasteiger charge is -2.23. The van der Waals surface area contributed by atoms with Gasteiger partial charge in [0, 0.05) is 32.7 Å². The molecule has 1 heterocycles. The Kier molecular flexibility index (Phi) is 9.06. The molecule has 1 fully saturated rings. The number of amides is 1. The maximum Gasteiger partial charge on any atom is 0.340 e. The van der Waals surface area contributed by atoms with Gasteiger partial charge < -0.3 is 15.0 Å². The summed E-state index contributed by atoms with van der Waals surface area (Å²) in [5.41, 5.74) is 1.89. The van der Waals surface area contributed by atoms with Gasteiger partial charge in [0.1, 0.15) is 0 Å². The normalized spacial score (nSPS) is 13.8. The van der Waals surface area contributed by atoms with Crippen LogP contribution in [0, 0.1) is 0 Å². The third-order valence-corrected chi connectivity index (χ3v) is 7.94. The molecule has 1 saturated heterocycles. The highest BCUT2D eigenvalue weighted by molar-refractivity contribution is 7.89. The molecule has 0 atom stereocenters. The fourth-order valence-electron chi connectivity index (χ4n) is 4.04. The average molecular weight is 488 g/mol. The van der Waals surface area contributed by atoms with E-state index < -0.39 is 28.5 Å². The third-order valence-electron chi connectivity index (χ3n) is 5.89. The van der Waals surface area contributed by atoms with Crippen molar-refractivity contribution in [2.45, 2.75) is 38.0 Å². The van der Waals surface area contributed by atoms with Gasteiger partial charge in [0.15, 0.2) is 6.61 Å². The van der Waals surface area contributed by atoms with Gasteiger partial charge in [-0.2, -0.15) is 4.31 Å². The van der Waals surface area contributed by atoms with Crippen LogP contribution in [0.5, 0.6) is 0 Å². The van der Waals surface area contributed by atoms with E-state index in [1.165, 1.54) is 16.4 Å². The number of rotatable bonds is 11. The van der Waals surface area contributed by atoms with Crippen LogP contribution in [-0.4, -0.2) is 63.9 Å². The summed E-state index contributed by atoms with van der Waals surface area (Å²) in [6, 6.07) is 14.3. The van der Waals surface area contributed by atoms with E-state index in [0.29, 0.717) is 31.7 Å². The molecule has 1 N–H and O–H groups in total. The predicted molar refractivity (Wildman–Crippen MR) is 131 cm³/mol. The van der Waals surface area contributed by atoms with Crippen molar-refractivity contribution in [3.63, 3.8) is 0 Å². The molecule has 1 aliphatic heterocycles. The first-order valence-electron chi connectivity index (χ1n) is 11.7. The summed E-state index contributed by atoms with van der Waals surface area (Å²) in [5, 5.41) is 2.74. The summed E-state index contributed by atoms with van der Waals surface area (Å²) in [5.74, 6) is -1.12. The van der Waals surface area contributed by atoms with E-state index in [-0.39, 0.29) is 10.5 Å². The van der Waals surface area contributed by atoms with Gasteiger partial charge in [0.2, 0.25) is 10.0 Å². The van der Waals surface area contributed by atoms with Gasteiger partial charge in [-0.05, 0) is 43.0 Å². The number of nitrogens with zero attached hydrogens (tertiary/aromatic N) is 2. The van der Waals surface area contributed by atoms with Crippen LogP contribution < -0.4 is 10.2 Å². The minimum absolute atomic E-state index is 0.0402. The number of benzene rings is 2. The maximum atomic E-state index is 13.0. The van der Waals surface area contributed by atoms with Gasteiger partial charge in [-0.25, -0.2) is 13.2 Å². The predicted octanol–water partition coefficient (Wildman–Crippen LogP) is 2.83. The quantitative estimate of drug-likeness (QED) is 0.490. The lowest BCUT2D eigenvalue weighted by molar-refractivity contribution is -0.124. The van der Waals surface area contributed by atoms with Crippen LogP contribution >= 0.6 is 0 Å². The Morgan fingerprint density at radius 3 is 2.35 bits per heavy atom. The van der Waals surface area contributed by atoms with E-state index >= 15 is 0 Å². The molecule has 0 aromatic heterocycles. The standard InChI is InChI=1S/C25H33N3O5S/c1-3-28(4-2)34(31,32)21-12-13-23(27-16-8-9-17-27)22(18-21)25(30)33-19-24(29)26-15-14-20-10-6-5-7-11-20/h5-7,10-13,18H,3-4,8-9,14-17,19H2,1-2H3,(H,26,29). The van der Waals surface area contributed by atoms with Crippen molar-refractivity contribution in [2.24, 2.45) is 0 Å². The second-order valence-electron chi connectivity index (χ2n) is 8.12. The van der Waals surface area contributed by atoms with E-state index in [1.54, 1.807) is 19.9 Å². The fourth-order valence-corrected chi connectivity index (χ4v) is 5.52. The molecule has 0 bridgehead atoms. The third kappa shape index (κ3) is 6.36. The largest absolute Gasteiger partial charge is 0.452 e. The molecule has 0 unspecified atom stereocenters.